The third-order valence-electron chi connectivity index (χ3n) is 1.21. The highest BCUT2D eigenvalue weighted by atomic mass is 16.5. The summed E-state index contributed by atoms with van der Waals surface area (Å²) in [6, 6.07) is 0.251. The average Bonchev–Trinajstić information content (AvgIpc) is 2.14. The third kappa shape index (κ3) is 1.42. The van der Waals surface area contributed by atoms with Gasteiger partial charge in [-0.25, -0.2) is 4.99 Å². The van der Waals surface area contributed by atoms with Crippen molar-refractivity contribution in [2.24, 2.45) is 10.7 Å². The van der Waals surface area contributed by atoms with E-state index >= 15 is 0 Å². The lowest BCUT2D eigenvalue weighted by molar-refractivity contribution is 0.312. The quantitative estimate of drug-likeness (QED) is 0.546. The van der Waals surface area contributed by atoms with Crippen molar-refractivity contribution < 1.29 is 4.74 Å². The fourth-order valence-electron chi connectivity index (χ4n) is 0.747. The molecule has 0 amide bonds. The average molecular weight is 128 g/mol. The number of hydrogen-bond donors (Lipinski definition) is 1. The molecule has 1 aliphatic rings. The van der Waals surface area contributed by atoms with Crippen LogP contribution < -0.4 is 5.73 Å². The van der Waals surface area contributed by atoms with Gasteiger partial charge in [0.25, 0.3) is 0 Å². The van der Waals surface area contributed by atoms with Crippen LogP contribution in [0.2, 0.25) is 0 Å². The van der Waals surface area contributed by atoms with Gasteiger partial charge in [0.1, 0.15) is 6.61 Å². The summed E-state index contributed by atoms with van der Waals surface area (Å²) in [6.07, 6.45) is 0. The molecule has 0 aliphatic carbocycles. The topological polar surface area (TPSA) is 47.6 Å². The molecule has 0 aromatic rings. The molecular weight excluding hydrogens is 116 g/mol. The monoisotopic (exact) mass is 128 g/mol. The Morgan fingerprint density at radius 2 is 2.56 bits per heavy atom. The minimum absolute atomic E-state index is 0.0463. The van der Waals surface area contributed by atoms with Crippen molar-refractivity contribution in [3.63, 3.8) is 0 Å². The molecular formula is C6H12N2O. The van der Waals surface area contributed by atoms with Gasteiger partial charge in [-0.15, -0.1) is 0 Å². The summed E-state index contributed by atoms with van der Waals surface area (Å²) in [5.74, 6) is 0.697. The molecule has 0 bridgehead atoms. The van der Waals surface area contributed by atoms with E-state index in [9.17, 15) is 0 Å². The Morgan fingerprint density at radius 3 is 2.78 bits per heavy atom. The molecule has 1 rings (SSSR count). The van der Waals surface area contributed by atoms with E-state index in [0.29, 0.717) is 18.5 Å². The standard InChI is InChI=1S/C6H12N2O/c1-4-3-9-6(8-4)5(2)7/h4-5H,3,7H2,1-2H3. The van der Waals surface area contributed by atoms with E-state index in [1.54, 1.807) is 0 Å². The highest BCUT2D eigenvalue weighted by Gasteiger charge is 2.16. The summed E-state index contributed by atoms with van der Waals surface area (Å²) in [4.78, 5) is 4.16. The number of hydrogen-bond acceptors (Lipinski definition) is 3. The van der Waals surface area contributed by atoms with Gasteiger partial charge >= 0.3 is 0 Å². The van der Waals surface area contributed by atoms with Crippen LogP contribution in [0.15, 0.2) is 4.99 Å². The maximum Gasteiger partial charge on any atom is 0.200 e. The molecule has 0 fully saturated rings. The van der Waals surface area contributed by atoms with Gasteiger partial charge in [0.05, 0.1) is 12.1 Å². The molecule has 52 valence electrons. The summed E-state index contributed by atoms with van der Waals surface area (Å²) < 4.78 is 5.15. The first-order valence-electron chi connectivity index (χ1n) is 3.16. The van der Waals surface area contributed by atoms with Crippen molar-refractivity contribution in [3.8, 4) is 0 Å². The molecule has 2 unspecified atom stereocenters. The van der Waals surface area contributed by atoms with E-state index in [0.717, 1.165) is 0 Å². The van der Waals surface area contributed by atoms with Crippen molar-refractivity contribution in [3.05, 3.63) is 0 Å². The number of nitrogens with two attached hydrogens (primary N) is 1. The van der Waals surface area contributed by atoms with Crippen LogP contribution >= 0.6 is 0 Å². The minimum Gasteiger partial charge on any atom is -0.478 e. The van der Waals surface area contributed by atoms with Crippen molar-refractivity contribution in [1.82, 2.24) is 0 Å². The maximum atomic E-state index is 5.50. The third-order valence-corrected chi connectivity index (χ3v) is 1.21. The second kappa shape index (κ2) is 2.35. The smallest absolute Gasteiger partial charge is 0.200 e. The molecule has 3 nitrogen and oxygen atoms in total. The van der Waals surface area contributed by atoms with Crippen molar-refractivity contribution in [1.29, 1.82) is 0 Å². The van der Waals surface area contributed by atoms with Crippen LogP contribution in [0.3, 0.4) is 0 Å². The van der Waals surface area contributed by atoms with E-state index in [1.807, 2.05) is 13.8 Å². The molecule has 2 N–H and O–H groups in total. The van der Waals surface area contributed by atoms with E-state index in [4.69, 9.17) is 10.5 Å². The highest BCUT2D eigenvalue weighted by molar-refractivity contribution is 5.82. The van der Waals surface area contributed by atoms with Gasteiger partial charge in [-0.2, -0.15) is 0 Å². The van der Waals surface area contributed by atoms with E-state index < -0.39 is 0 Å². The predicted molar refractivity (Wildman–Crippen MR) is 36.5 cm³/mol. The van der Waals surface area contributed by atoms with Gasteiger partial charge < -0.3 is 10.5 Å². The SMILES string of the molecule is CC1COC(C(C)N)=N1. The van der Waals surface area contributed by atoms with Gasteiger partial charge in [-0.1, -0.05) is 0 Å². The molecule has 9 heavy (non-hydrogen) atoms. The lowest BCUT2D eigenvalue weighted by Crippen LogP contribution is -2.26. The fraction of sp³-hybridized carbons (Fsp3) is 0.833. The first kappa shape index (κ1) is 6.55. The molecule has 0 saturated carbocycles. The van der Waals surface area contributed by atoms with E-state index in [1.165, 1.54) is 0 Å². The zero-order valence-electron chi connectivity index (χ0n) is 5.79. The lowest BCUT2D eigenvalue weighted by Gasteiger charge is -2.02. The van der Waals surface area contributed by atoms with Crippen molar-refractivity contribution in [2.45, 2.75) is 25.9 Å². The first-order valence-corrected chi connectivity index (χ1v) is 3.16. The largest absolute Gasteiger partial charge is 0.478 e. The Kier molecular flexibility index (Phi) is 1.71. The second-order valence-electron chi connectivity index (χ2n) is 2.42. The lowest BCUT2D eigenvalue weighted by atomic mass is 10.4. The van der Waals surface area contributed by atoms with Crippen LogP contribution in [-0.2, 0) is 4.74 Å². The maximum absolute atomic E-state index is 5.50. The van der Waals surface area contributed by atoms with Crippen LogP contribution in [0.5, 0.6) is 0 Å². The Balaban J connectivity index is 2.52. The van der Waals surface area contributed by atoms with Gasteiger partial charge in [0, 0.05) is 0 Å². The predicted octanol–water partition coefficient (Wildman–Crippen LogP) is 0.151. The van der Waals surface area contributed by atoms with Gasteiger partial charge in [-0.05, 0) is 13.8 Å². The Labute approximate surface area is 54.9 Å². The van der Waals surface area contributed by atoms with Crippen LogP contribution in [0.1, 0.15) is 13.8 Å². The van der Waals surface area contributed by atoms with Crippen molar-refractivity contribution in [2.75, 3.05) is 6.61 Å². The van der Waals surface area contributed by atoms with Crippen LogP contribution in [0.4, 0.5) is 0 Å². The highest BCUT2D eigenvalue weighted by Crippen LogP contribution is 2.04. The molecule has 0 aromatic heterocycles. The summed E-state index contributed by atoms with van der Waals surface area (Å²) >= 11 is 0. The number of rotatable bonds is 1. The Morgan fingerprint density at radius 1 is 1.89 bits per heavy atom. The number of aliphatic imine (C=N–C) groups is 1. The zero-order chi connectivity index (χ0) is 6.85. The normalized spacial score (nSPS) is 29.2. The van der Waals surface area contributed by atoms with Crippen LogP contribution in [0, 0.1) is 0 Å². The molecule has 0 spiro atoms. The molecule has 2 atom stereocenters. The Hall–Kier alpha value is -0.570. The van der Waals surface area contributed by atoms with Gasteiger partial charge in [0.2, 0.25) is 5.90 Å². The van der Waals surface area contributed by atoms with Crippen LogP contribution in [-0.4, -0.2) is 24.6 Å². The zero-order valence-corrected chi connectivity index (χ0v) is 5.79. The van der Waals surface area contributed by atoms with Gasteiger partial charge in [-0.3, -0.25) is 0 Å². The fourth-order valence-corrected chi connectivity index (χ4v) is 0.747. The molecule has 0 radical (unpaired) electrons. The van der Waals surface area contributed by atoms with Crippen molar-refractivity contribution >= 4 is 5.90 Å². The molecule has 1 heterocycles. The summed E-state index contributed by atoms with van der Waals surface area (Å²) in [5, 5.41) is 0. The molecule has 1 aliphatic heterocycles. The first-order chi connectivity index (χ1) is 4.20. The van der Waals surface area contributed by atoms with Gasteiger partial charge in [0.15, 0.2) is 0 Å². The summed E-state index contributed by atoms with van der Waals surface area (Å²) in [5.41, 5.74) is 5.50. The molecule has 0 aromatic carbocycles. The molecule has 3 heteroatoms. The second-order valence-corrected chi connectivity index (χ2v) is 2.42. The molecule has 0 saturated heterocycles. The summed E-state index contributed by atoms with van der Waals surface area (Å²) in [7, 11) is 0. The summed E-state index contributed by atoms with van der Waals surface area (Å²) in [6.45, 7) is 4.57. The van der Waals surface area contributed by atoms with Crippen LogP contribution in [0.25, 0.3) is 0 Å². The number of nitrogens with zero attached hydrogens (tertiary/aromatic N) is 1. The minimum atomic E-state index is -0.0463. The van der Waals surface area contributed by atoms with E-state index in [2.05, 4.69) is 4.99 Å². The Bertz CT molecular complexity index is 131. The van der Waals surface area contributed by atoms with E-state index in [-0.39, 0.29) is 6.04 Å². The number of ether oxygens (including phenoxy) is 1.